The molecule has 0 radical (unpaired) electrons. The van der Waals surface area contributed by atoms with E-state index in [4.69, 9.17) is 10.5 Å². The maximum atomic E-state index is 12.4. The van der Waals surface area contributed by atoms with E-state index in [2.05, 4.69) is 5.32 Å². The summed E-state index contributed by atoms with van der Waals surface area (Å²) in [5.41, 5.74) is 7.71. The van der Waals surface area contributed by atoms with Gasteiger partial charge in [-0.05, 0) is 67.6 Å². The zero-order valence-corrected chi connectivity index (χ0v) is 16.5. The Bertz CT molecular complexity index is 869. The fourth-order valence-corrected chi connectivity index (χ4v) is 3.57. The van der Waals surface area contributed by atoms with Crippen LogP contribution < -0.4 is 11.1 Å². The fourth-order valence-electron chi connectivity index (χ4n) is 3.57. The van der Waals surface area contributed by atoms with E-state index in [1.165, 1.54) is 56.7 Å². The van der Waals surface area contributed by atoms with Crippen LogP contribution in [0.25, 0.3) is 0 Å². The van der Waals surface area contributed by atoms with E-state index in [1.54, 1.807) is 24.3 Å². The predicted molar refractivity (Wildman–Crippen MR) is 111 cm³/mol. The summed E-state index contributed by atoms with van der Waals surface area (Å²) in [6.07, 6.45) is 5.24. The zero-order chi connectivity index (χ0) is 20.8. The van der Waals surface area contributed by atoms with Crippen LogP contribution >= 0.6 is 0 Å². The van der Waals surface area contributed by atoms with Crippen LogP contribution in [0.15, 0.2) is 48.5 Å². The number of carbonyl (C=O) groups is 3. The van der Waals surface area contributed by atoms with Crippen LogP contribution in [0, 0.1) is 0 Å². The maximum Gasteiger partial charge on any atom is 0.338 e. The Balaban J connectivity index is 1.54. The summed E-state index contributed by atoms with van der Waals surface area (Å²) >= 11 is 0. The SMILES string of the molecule is C[C@@H](OC(=O)c1ccc(C2CCCCC2)cc1)C(=O)Nc1ccc(C(N)=O)cc1. The van der Waals surface area contributed by atoms with Crippen molar-refractivity contribution in [3.63, 3.8) is 0 Å². The van der Waals surface area contributed by atoms with E-state index in [0.29, 0.717) is 22.7 Å². The van der Waals surface area contributed by atoms with E-state index < -0.39 is 23.9 Å². The van der Waals surface area contributed by atoms with Gasteiger partial charge in [-0.25, -0.2) is 4.79 Å². The van der Waals surface area contributed by atoms with E-state index in [9.17, 15) is 14.4 Å². The van der Waals surface area contributed by atoms with Crippen molar-refractivity contribution in [1.29, 1.82) is 0 Å². The summed E-state index contributed by atoms with van der Waals surface area (Å²) < 4.78 is 5.29. The third-order valence-corrected chi connectivity index (χ3v) is 5.31. The Kier molecular flexibility index (Phi) is 6.65. The van der Waals surface area contributed by atoms with Crippen LogP contribution in [-0.4, -0.2) is 23.9 Å². The molecule has 0 aromatic heterocycles. The van der Waals surface area contributed by atoms with Crippen molar-refractivity contribution in [3.8, 4) is 0 Å². The topological polar surface area (TPSA) is 98.5 Å². The molecule has 1 saturated carbocycles. The van der Waals surface area contributed by atoms with Gasteiger partial charge in [-0.1, -0.05) is 31.4 Å². The monoisotopic (exact) mass is 394 g/mol. The molecule has 1 aliphatic rings. The summed E-state index contributed by atoms with van der Waals surface area (Å²) in [6, 6.07) is 13.7. The third kappa shape index (κ3) is 5.44. The van der Waals surface area contributed by atoms with E-state index in [1.807, 2.05) is 12.1 Å². The van der Waals surface area contributed by atoms with Crippen LogP contribution in [0.4, 0.5) is 5.69 Å². The van der Waals surface area contributed by atoms with Crippen molar-refractivity contribution < 1.29 is 19.1 Å². The zero-order valence-electron chi connectivity index (χ0n) is 16.5. The number of nitrogens with two attached hydrogens (primary N) is 1. The Hall–Kier alpha value is -3.15. The van der Waals surface area contributed by atoms with E-state index in [0.717, 1.165) is 0 Å². The molecule has 6 nitrogen and oxygen atoms in total. The summed E-state index contributed by atoms with van der Waals surface area (Å²) in [4.78, 5) is 35.7. The number of benzene rings is 2. The predicted octanol–water partition coefficient (Wildman–Crippen LogP) is 4.02. The first-order valence-corrected chi connectivity index (χ1v) is 9.95. The van der Waals surface area contributed by atoms with Gasteiger partial charge in [-0.2, -0.15) is 0 Å². The standard InChI is InChI=1S/C23H26N2O4/c1-15(22(27)25-20-13-11-18(12-14-20)21(24)26)29-23(28)19-9-7-17(8-10-19)16-5-3-2-4-6-16/h7-16H,2-6H2,1H3,(H2,24,26)(H,25,27)/t15-/m1/s1. The van der Waals surface area contributed by atoms with Crippen molar-refractivity contribution in [3.05, 3.63) is 65.2 Å². The van der Waals surface area contributed by atoms with Crippen molar-refractivity contribution in [1.82, 2.24) is 0 Å². The van der Waals surface area contributed by atoms with Gasteiger partial charge < -0.3 is 15.8 Å². The van der Waals surface area contributed by atoms with E-state index in [-0.39, 0.29) is 0 Å². The highest BCUT2D eigenvalue weighted by molar-refractivity contribution is 5.98. The molecule has 6 heteroatoms. The first-order chi connectivity index (χ1) is 13.9. The van der Waals surface area contributed by atoms with Crippen LogP contribution in [0.3, 0.4) is 0 Å². The molecule has 0 aliphatic heterocycles. The van der Waals surface area contributed by atoms with Gasteiger partial charge in [-0.3, -0.25) is 9.59 Å². The highest BCUT2D eigenvalue weighted by atomic mass is 16.5. The lowest BCUT2D eigenvalue weighted by molar-refractivity contribution is -0.123. The molecule has 0 saturated heterocycles. The summed E-state index contributed by atoms with van der Waals surface area (Å²) in [5.74, 6) is -0.963. The number of amides is 2. The lowest BCUT2D eigenvalue weighted by atomic mass is 9.84. The molecule has 2 amide bonds. The number of carbonyl (C=O) groups excluding carboxylic acids is 3. The van der Waals surface area contributed by atoms with Crippen molar-refractivity contribution in [2.75, 3.05) is 5.32 Å². The Morgan fingerprint density at radius 2 is 1.52 bits per heavy atom. The second-order valence-electron chi connectivity index (χ2n) is 7.44. The Morgan fingerprint density at radius 1 is 0.931 bits per heavy atom. The van der Waals surface area contributed by atoms with Gasteiger partial charge in [0.1, 0.15) is 0 Å². The molecule has 1 aliphatic carbocycles. The molecule has 0 unspecified atom stereocenters. The average molecular weight is 394 g/mol. The number of esters is 1. The lowest BCUT2D eigenvalue weighted by Crippen LogP contribution is -2.30. The quantitative estimate of drug-likeness (QED) is 0.723. The normalized spacial score (nSPS) is 15.3. The first-order valence-electron chi connectivity index (χ1n) is 9.95. The minimum absolute atomic E-state index is 0.346. The fraction of sp³-hybridized carbons (Fsp3) is 0.348. The average Bonchev–Trinajstić information content (AvgIpc) is 2.74. The van der Waals surface area contributed by atoms with Crippen LogP contribution in [0.1, 0.15) is 71.2 Å². The number of rotatable bonds is 6. The van der Waals surface area contributed by atoms with Gasteiger partial charge in [0.15, 0.2) is 6.10 Å². The van der Waals surface area contributed by atoms with E-state index >= 15 is 0 Å². The molecule has 0 bridgehead atoms. The highest BCUT2D eigenvalue weighted by Crippen LogP contribution is 2.32. The Morgan fingerprint density at radius 3 is 2.10 bits per heavy atom. The summed E-state index contributed by atoms with van der Waals surface area (Å²) in [6.45, 7) is 1.52. The van der Waals surface area contributed by atoms with Crippen molar-refractivity contribution in [2.24, 2.45) is 5.73 Å². The third-order valence-electron chi connectivity index (χ3n) is 5.31. The van der Waals surface area contributed by atoms with Gasteiger partial charge >= 0.3 is 5.97 Å². The largest absolute Gasteiger partial charge is 0.449 e. The molecule has 1 atom stereocenters. The molecule has 29 heavy (non-hydrogen) atoms. The molecule has 1 fully saturated rings. The van der Waals surface area contributed by atoms with Crippen LogP contribution in [0.2, 0.25) is 0 Å². The number of nitrogens with one attached hydrogen (secondary N) is 1. The maximum absolute atomic E-state index is 12.4. The number of hydrogen-bond donors (Lipinski definition) is 2. The number of ether oxygens (including phenoxy) is 1. The molecule has 3 N–H and O–H groups in total. The molecular formula is C23H26N2O4. The molecule has 2 aromatic rings. The molecule has 2 aromatic carbocycles. The minimum atomic E-state index is -0.962. The molecule has 3 rings (SSSR count). The van der Waals surface area contributed by atoms with Gasteiger partial charge in [0, 0.05) is 11.3 Å². The molecule has 152 valence electrons. The molecule has 0 spiro atoms. The Labute approximate surface area is 170 Å². The van der Waals surface area contributed by atoms with Gasteiger partial charge in [0.05, 0.1) is 5.56 Å². The van der Waals surface area contributed by atoms with Crippen LogP contribution in [0.5, 0.6) is 0 Å². The second kappa shape index (κ2) is 9.37. The van der Waals surface area contributed by atoms with Gasteiger partial charge in [0.25, 0.3) is 5.91 Å². The molecule has 0 heterocycles. The molecular weight excluding hydrogens is 368 g/mol. The van der Waals surface area contributed by atoms with Gasteiger partial charge in [0.2, 0.25) is 5.91 Å². The first kappa shape index (κ1) is 20.6. The van der Waals surface area contributed by atoms with Crippen LogP contribution in [-0.2, 0) is 9.53 Å². The summed E-state index contributed by atoms with van der Waals surface area (Å²) in [5, 5.41) is 2.65. The highest BCUT2D eigenvalue weighted by Gasteiger charge is 2.20. The summed E-state index contributed by atoms with van der Waals surface area (Å²) in [7, 11) is 0. The number of primary amides is 1. The van der Waals surface area contributed by atoms with Crippen molar-refractivity contribution >= 4 is 23.5 Å². The smallest absolute Gasteiger partial charge is 0.338 e. The lowest BCUT2D eigenvalue weighted by Gasteiger charge is -2.22. The number of hydrogen-bond acceptors (Lipinski definition) is 4. The minimum Gasteiger partial charge on any atom is -0.449 e. The van der Waals surface area contributed by atoms with Gasteiger partial charge in [-0.15, -0.1) is 0 Å². The second-order valence-corrected chi connectivity index (χ2v) is 7.44. The van der Waals surface area contributed by atoms with Crippen molar-refractivity contribution in [2.45, 2.75) is 51.0 Å². The number of anilines is 1.